The Bertz CT molecular complexity index is 1350. The van der Waals surface area contributed by atoms with Gasteiger partial charge in [-0.05, 0) is 44.4 Å². The Kier molecular flexibility index (Phi) is 7.48. The van der Waals surface area contributed by atoms with Crippen LogP contribution in [-0.2, 0) is 28.2 Å². The summed E-state index contributed by atoms with van der Waals surface area (Å²) in [6, 6.07) is 16.8. The standard InChI is InChI=1S/C26H29N3O4S/c1-6-23-21(16-27)24(25(29(23)5)26(30)33-7-2)19-14-12-18(13-15-19)20-10-8-9-11-22(20)28-34(31,32)17(3)4/h8-15,17,28H,6-7H2,1-5H3. The molecule has 0 aliphatic heterocycles. The van der Waals surface area contributed by atoms with E-state index in [1.807, 2.05) is 43.3 Å². The Labute approximate surface area is 201 Å². The zero-order chi connectivity index (χ0) is 25.0. The second kappa shape index (κ2) is 10.1. The topological polar surface area (TPSA) is 101 Å². The van der Waals surface area contributed by atoms with E-state index in [9.17, 15) is 18.5 Å². The first kappa shape index (κ1) is 25.1. The lowest BCUT2D eigenvalue weighted by Crippen LogP contribution is -2.22. The van der Waals surface area contributed by atoms with Crippen molar-refractivity contribution in [3.63, 3.8) is 0 Å². The van der Waals surface area contributed by atoms with Crippen molar-refractivity contribution in [2.24, 2.45) is 7.05 Å². The van der Waals surface area contributed by atoms with E-state index in [2.05, 4.69) is 10.8 Å². The van der Waals surface area contributed by atoms with Gasteiger partial charge in [-0.2, -0.15) is 5.26 Å². The highest BCUT2D eigenvalue weighted by Gasteiger charge is 2.27. The van der Waals surface area contributed by atoms with Gasteiger partial charge in [0, 0.05) is 23.9 Å². The summed E-state index contributed by atoms with van der Waals surface area (Å²) in [5.74, 6) is -0.478. The molecule has 1 aromatic heterocycles. The lowest BCUT2D eigenvalue weighted by atomic mass is 9.96. The second-order valence-electron chi connectivity index (χ2n) is 8.11. The van der Waals surface area contributed by atoms with E-state index in [-0.39, 0.29) is 6.61 Å². The van der Waals surface area contributed by atoms with E-state index < -0.39 is 21.2 Å². The van der Waals surface area contributed by atoms with Gasteiger partial charge in [-0.3, -0.25) is 4.72 Å². The molecule has 8 heteroatoms. The van der Waals surface area contributed by atoms with Crippen molar-refractivity contribution in [2.75, 3.05) is 11.3 Å². The number of hydrogen-bond donors (Lipinski definition) is 1. The molecule has 0 unspecified atom stereocenters. The molecule has 7 nitrogen and oxygen atoms in total. The van der Waals surface area contributed by atoms with Gasteiger partial charge in [0.05, 0.1) is 23.1 Å². The number of para-hydroxylation sites is 1. The molecule has 34 heavy (non-hydrogen) atoms. The molecule has 1 heterocycles. The van der Waals surface area contributed by atoms with Crippen LogP contribution in [0.15, 0.2) is 48.5 Å². The van der Waals surface area contributed by atoms with Crippen LogP contribution in [-0.4, -0.2) is 30.8 Å². The molecule has 0 radical (unpaired) electrons. The minimum atomic E-state index is -3.51. The van der Waals surface area contributed by atoms with Gasteiger partial charge in [0.25, 0.3) is 0 Å². The molecule has 3 rings (SSSR count). The highest BCUT2D eigenvalue weighted by atomic mass is 32.2. The highest BCUT2D eigenvalue weighted by Crippen LogP contribution is 2.36. The zero-order valence-electron chi connectivity index (χ0n) is 20.0. The molecule has 0 fully saturated rings. The number of hydrogen-bond acceptors (Lipinski definition) is 5. The van der Waals surface area contributed by atoms with Crippen LogP contribution in [0.4, 0.5) is 5.69 Å². The third-order valence-corrected chi connectivity index (χ3v) is 7.46. The SMILES string of the molecule is CCOC(=O)c1c(-c2ccc(-c3ccccc3NS(=O)(=O)C(C)C)cc2)c(C#N)c(CC)n1C. The second-order valence-corrected chi connectivity index (χ2v) is 10.3. The number of ether oxygens (including phenoxy) is 1. The van der Waals surface area contributed by atoms with Crippen molar-refractivity contribution < 1.29 is 17.9 Å². The third-order valence-electron chi connectivity index (χ3n) is 5.72. The summed E-state index contributed by atoms with van der Waals surface area (Å²) in [4.78, 5) is 12.8. The molecule has 3 aromatic rings. The number of sulfonamides is 1. The molecule has 0 aliphatic rings. The number of esters is 1. The monoisotopic (exact) mass is 479 g/mol. The molecule has 0 aliphatic carbocycles. The normalized spacial score (nSPS) is 11.3. The van der Waals surface area contributed by atoms with Crippen molar-refractivity contribution in [2.45, 2.75) is 39.4 Å². The summed E-state index contributed by atoms with van der Waals surface area (Å²) < 4.78 is 34.5. The van der Waals surface area contributed by atoms with E-state index in [1.54, 1.807) is 44.5 Å². The predicted octanol–water partition coefficient (Wildman–Crippen LogP) is 5.12. The summed E-state index contributed by atoms with van der Waals surface area (Å²) >= 11 is 0. The van der Waals surface area contributed by atoms with Crippen molar-refractivity contribution in [1.82, 2.24) is 4.57 Å². The Morgan fingerprint density at radius 3 is 2.26 bits per heavy atom. The molecule has 1 N–H and O–H groups in total. The molecule has 178 valence electrons. The number of anilines is 1. The van der Waals surface area contributed by atoms with Crippen LogP contribution in [0.25, 0.3) is 22.3 Å². The molecular weight excluding hydrogens is 450 g/mol. The van der Waals surface area contributed by atoms with Crippen molar-refractivity contribution in [3.8, 4) is 28.3 Å². The molecule has 0 amide bonds. The minimum absolute atomic E-state index is 0.231. The number of nitriles is 1. The van der Waals surface area contributed by atoms with Crippen LogP contribution in [0.3, 0.4) is 0 Å². The number of aromatic nitrogens is 1. The molecular formula is C26H29N3O4S. The third kappa shape index (κ3) is 4.70. The number of rotatable bonds is 8. The summed E-state index contributed by atoms with van der Waals surface area (Å²) in [6.07, 6.45) is 0.591. The number of nitrogens with one attached hydrogen (secondary N) is 1. The van der Waals surface area contributed by atoms with Gasteiger partial charge in [0.15, 0.2) is 0 Å². The van der Waals surface area contributed by atoms with Crippen LogP contribution < -0.4 is 4.72 Å². The van der Waals surface area contributed by atoms with Gasteiger partial charge >= 0.3 is 5.97 Å². The van der Waals surface area contributed by atoms with Crippen LogP contribution in [0, 0.1) is 11.3 Å². The molecule has 0 bridgehead atoms. The summed E-state index contributed by atoms with van der Waals surface area (Å²) in [6.45, 7) is 7.16. The maximum absolute atomic E-state index is 12.8. The Hall–Kier alpha value is -3.57. The fraction of sp³-hybridized carbons (Fsp3) is 0.308. The van der Waals surface area contributed by atoms with Gasteiger partial charge in [-0.15, -0.1) is 0 Å². The van der Waals surface area contributed by atoms with Gasteiger partial charge in [0.2, 0.25) is 10.0 Å². The zero-order valence-corrected chi connectivity index (χ0v) is 20.9. The minimum Gasteiger partial charge on any atom is -0.461 e. The van der Waals surface area contributed by atoms with Gasteiger partial charge in [0.1, 0.15) is 11.8 Å². The van der Waals surface area contributed by atoms with Crippen LogP contribution in [0.2, 0.25) is 0 Å². The predicted molar refractivity (Wildman–Crippen MR) is 134 cm³/mol. The Morgan fingerprint density at radius 2 is 1.71 bits per heavy atom. The van der Waals surface area contributed by atoms with Gasteiger partial charge < -0.3 is 9.30 Å². The Morgan fingerprint density at radius 1 is 1.09 bits per heavy atom. The first-order valence-electron chi connectivity index (χ1n) is 11.2. The van der Waals surface area contributed by atoms with E-state index in [0.29, 0.717) is 34.5 Å². The van der Waals surface area contributed by atoms with E-state index in [0.717, 1.165) is 16.8 Å². The lowest BCUT2D eigenvalue weighted by molar-refractivity contribution is 0.0516. The largest absolute Gasteiger partial charge is 0.461 e. The average molecular weight is 480 g/mol. The molecule has 0 atom stereocenters. The van der Waals surface area contributed by atoms with E-state index >= 15 is 0 Å². The summed E-state index contributed by atoms with van der Waals surface area (Å²) in [5, 5.41) is 9.31. The molecule has 0 saturated carbocycles. The van der Waals surface area contributed by atoms with Crippen molar-refractivity contribution in [3.05, 3.63) is 65.5 Å². The lowest BCUT2D eigenvalue weighted by Gasteiger charge is -2.15. The van der Waals surface area contributed by atoms with Crippen molar-refractivity contribution in [1.29, 1.82) is 5.26 Å². The highest BCUT2D eigenvalue weighted by molar-refractivity contribution is 7.93. The summed E-state index contributed by atoms with van der Waals surface area (Å²) in [7, 11) is -1.74. The van der Waals surface area contributed by atoms with Crippen LogP contribution >= 0.6 is 0 Å². The summed E-state index contributed by atoms with van der Waals surface area (Å²) in [5.41, 5.74) is 4.82. The quantitative estimate of drug-likeness (QED) is 0.452. The molecule has 0 spiro atoms. The smallest absolute Gasteiger partial charge is 0.355 e. The van der Waals surface area contributed by atoms with Gasteiger partial charge in [-0.1, -0.05) is 49.4 Å². The maximum atomic E-state index is 12.8. The van der Waals surface area contributed by atoms with Crippen LogP contribution in [0.5, 0.6) is 0 Å². The molecule has 2 aromatic carbocycles. The first-order valence-corrected chi connectivity index (χ1v) is 12.7. The molecule has 0 saturated heterocycles. The van der Waals surface area contributed by atoms with E-state index in [1.165, 1.54) is 0 Å². The number of benzene rings is 2. The van der Waals surface area contributed by atoms with Crippen molar-refractivity contribution >= 4 is 21.7 Å². The average Bonchev–Trinajstić information content (AvgIpc) is 3.10. The fourth-order valence-corrected chi connectivity index (χ4v) is 4.62. The maximum Gasteiger partial charge on any atom is 0.355 e. The Balaban J connectivity index is 2.11. The van der Waals surface area contributed by atoms with Gasteiger partial charge in [-0.25, -0.2) is 13.2 Å². The van der Waals surface area contributed by atoms with E-state index in [4.69, 9.17) is 4.74 Å². The number of nitrogens with zero attached hydrogens (tertiary/aromatic N) is 2. The number of carbonyl (C=O) groups is 1. The first-order chi connectivity index (χ1) is 16.2. The number of carbonyl (C=O) groups excluding carboxylic acids is 1. The fourth-order valence-electron chi connectivity index (χ4n) is 3.90. The van der Waals surface area contributed by atoms with Crippen LogP contribution in [0.1, 0.15) is 49.4 Å².